The Morgan fingerprint density at radius 3 is 2.55 bits per heavy atom. The summed E-state index contributed by atoms with van der Waals surface area (Å²) >= 11 is 0. The fraction of sp³-hybridized carbons (Fsp3) is 0.364. The SMILES string of the molecule is CN1CCC2(CCCCN2)c2c1ccn2S(=O)(=O)c1ccc2ccccc2c1.Cl. The molecule has 1 aromatic heterocycles. The van der Waals surface area contributed by atoms with Gasteiger partial charge >= 0.3 is 0 Å². The minimum atomic E-state index is -3.68. The predicted octanol–water partition coefficient (Wildman–Crippen LogP) is 4.11. The minimum Gasteiger partial charge on any atom is -0.373 e. The Labute approximate surface area is 178 Å². The molecule has 5 nitrogen and oxygen atoms in total. The van der Waals surface area contributed by atoms with Crippen LogP contribution in [0.15, 0.2) is 59.6 Å². The first kappa shape index (κ1) is 20.3. The Hall–Kier alpha value is -2.02. The number of nitrogens with one attached hydrogen (secondary N) is 1. The van der Waals surface area contributed by atoms with Gasteiger partial charge in [0.2, 0.25) is 0 Å². The minimum absolute atomic E-state index is 0. The highest BCUT2D eigenvalue weighted by Crippen LogP contribution is 2.44. The molecule has 1 N–H and O–H groups in total. The van der Waals surface area contributed by atoms with Crippen LogP contribution in [0.4, 0.5) is 5.69 Å². The number of rotatable bonds is 2. The smallest absolute Gasteiger partial charge is 0.267 e. The number of hydrogen-bond acceptors (Lipinski definition) is 4. The second-order valence-corrected chi connectivity index (χ2v) is 9.81. The van der Waals surface area contributed by atoms with Crippen LogP contribution in [0, 0.1) is 0 Å². The van der Waals surface area contributed by atoms with Crippen LogP contribution in [-0.4, -0.2) is 32.5 Å². The van der Waals surface area contributed by atoms with E-state index in [1.807, 2.05) is 43.4 Å². The zero-order chi connectivity index (χ0) is 19.4. The summed E-state index contributed by atoms with van der Waals surface area (Å²) in [6, 6.07) is 15.2. The lowest BCUT2D eigenvalue weighted by molar-refractivity contribution is 0.227. The largest absolute Gasteiger partial charge is 0.373 e. The second-order valence-electron chi connectivity index (χ2n) is 8.00. The summed E-state index contributed by atoms with van der Waals surface area (Å²) in [5.41, 5.74) is 1.66. The molecule has 1 spiro atoms. The van der Waals surface area contributed by atoms with Crippen LogP contribution in [0.5, 0.6) is 0 Å². The summed E-state index contributed by atoms with van der Waals surface area (Å²) in [6.07, 6.45) is 5.90. The first-order valence-electron chi connectivity index (χ1n) is 9.94. The number of benzene rings is 2. The van der Waals surface area contributed by atoms with Crippen molar-refractivity contribution in [2.45, 2.75) is 36.1 Å². The summed E-state index contributed by atoms with van der Waals surface area (Å²) in [7, 11) is -1.63. The van der Waals surface area contributed by atoms with Gasteiger partial charge in [0.15, 0.2) is 0 Å². The van der Waals surface area contributed by atoms with Crippen LogP contribution in [0.2, 0.25) is 0 Å². The van der Waals surface area contributed by atoms with E-state index < -0.39 is 10.0 Å². The van der Waals surface area contributed by atoms with E-state index in [1.54, 1.807) is 18.3 Å². The van der Waals surface area contributed by atoms with Crippen molar-refractivity contribution in [2.24, 2.45) is 0 Å². The van der Waals surface area contributed by atoms with Crippen LogP contribution in [0.3, 0.4) is 0 Å². The highest BCUT2D eigenvalue weighted by atomic mass is 35.5. The maximum Gasteiger partial charge on any atom is 0.267 e. The normalized spacial score (nSPS) is 21.8. The maximum absolute atomic E-state index is 13.7. The monoisotopic (exact) mass is 431 g/mol. The van der Waals surface area contributed by atoms with Crippen LogP contribution >= 0.6 is 12.4 Å². The van der Waals surface area contributed by atoms with Crippen LogP contribution < -0.4 is 10.2 Å². The lowest BCUT2D eigenvalue weighted by Crippen LogP contribution is -2.52. The van der Waals surface area contributed by atoms with Gasteiger partial charge in [0.25, 0.3) is 10.0 Å². The summed E-state index contributed by atoms with van der Waals surface area (Å²) in [5.74, 6) is 0. The molecule has 0 bridgehead atoms. The molecule has 3 heterocycles. The molecule has 3 aromatic rings. The van der Waals surface area contributed by atoms with Crippen LogP contribution in [-0.2, 0) is 15.6 Å². The summed E-state index contributed by atoms with van der Waals surface area (Å²) < 4.78 is 28.8. The molecule has 5 rings (SSSR count). The third-order valence-corrected chi connectivity index (χ3v) is 8.01. The lowest BCUT2D eigenvalue weighted by atomic mass is 9.80. The average Bonchev–Trinajstić information content (AvgIpc) is 3.19. The van der Waals surface area contributed by atoms with Crippen molar-refractivity contribution in [3.05, 3.63) is 60.4 Å². The Morgan fingerprint density at radius 2 is 1.79 bits per heavy atom. The molecule has 2 aliphatic rings. The van der Waals surface area contributed by atoms with Crippen molar-refractivity contribution < 1.29 is 8.42 Å². The first-order valence-corrected chi connectivity index (χ1v) is 11.4. The van der Waals surface area contributed by atoms with E-state index in [1.165, 1.54) is 3.97 Å². The molecule has 154 valence electrons. The number of fused-ring (bicyclic) bond motifs is 3. The van der Waals surface area contributed by atoms with E-state index in [9.17, 15) is 8.42 Å². The van der Waals surface area contributed by atoms with Crippen molar-refractivity contribution >= 4 is 38.9 Å². The molecule has 2 aromatic carbocycles. The summed E-state index contributed by atoms with van der Waals surface area (Å²) in [4.78, 5) is 2.51. The fourth-order valence-electron chi connectivity index (χ4n) is 4.79. The molecular weight excluding hydrogens is 406 g/mol. The number of piperidine rings is 1. The highest BCUT2D eigenvalue weighted by Gasteiger charge is 2.43. The van der Waals surface area contributed by atoms with Crippen molar-refractivity contribution in [2.75, 3.05) is 25.0 Å². The number of nitrogens with zero attached hydrogens (tertiary/aromatic N) is 2. The van der Waals surface area contributed by atoms with Crippen LogP contribution in [0.25, 0.3) is 10.8 Å². The number of aromatic nitrogens is 1. The van der Waals surface area contributed by atoms with Gasteiger partial charge in [-0.25, -0.2) is 12.4 Å². The maximum atomic E-state index is 13.7. The molecule has 1 unspecified atom stereocenters. The zero-order valence-electron chi connectivity index (χ0n) is 16.5. The highest BCUT2D eigenvalue weighted by molar-refractivity contribution is 7.90. The Bertz CT molecular complexity index is 1150. The number of hydrogen-bond donors (Lipinski definition) is 1. The third kappa shape index (κ3) is 3.14. The first-order chi connectivity index (χ1) is 13.5. The van der Waals surface area contributed by atoms with E-state index in [-0.39, 0.29) is 17.9 Å². The molecule has 1 fully saturated rings. The molecule has 29 heavy (non-hydrogen) atoms. The van der Waals surface area contributed by atoms with Crippen molar-refractivity contribution in [3.63, 3.8) is 0 Å². The predicted molar refractivity (Wildman–Crippen MR) is 120 cm³/mol. The number of halogens is 1. The molecule has 0 radical (unpaired) electrons. The van der Waals surface area contributed by atoms with Gasteiger partial charge in [0.05, 0.1) is 21.8 Å². The van der Waals surface area contributed by atoms with Crippen molar-refractivity contribution in [3.8, 4) is 0 Å². The van der Waals surface area contributed by atoms with E-state index in [4.69, 9.17) is 0 Å². The quantitative estimate of drug-likeness (QED) is 0.663. The van der Waals surface area contributed by atoms with Gasteiger partial charge < -0.3 is 10.2 Å². The van der Waals surface area contributed by atoms with E-state index in [0.29, 0.717) is 4.90 Å². The third-order valence-electron chi connectivity index (χ3n) is 6.34. The van der Waals surface area contributed by atoms with E-state index >= 15 is 0 Å². The molecule has 0 saturated carbocycles. The van der Waals surface area contributed by atoms with Gasteiger partial charge in [-0.2, -0.15) is 0 Å². The Balaban J connectivity index is 0.00000205. The van der Waals surface area contributed by atoms with Crippen molar-refractivity contribution in [1.82, 2.24) is 9.29 Å². The topological polar surface area (TPSA) is 54.3 Å². The second kappa shape index (κ2) is 7.35. The lowest BCUT2D eigenvalue weighted by Gasteiger charge is -2.45. The van der Waals surface area contributed by atoms with Crippen molar-refractivity contribution in [1.29, 1.82) is 0 Å². The van der Waals surface area contributed by atoms with E-state index in [0.717, 1.165) is 60.9 Å². The molecule has 1 atom stereocenters. The van der Waals surface area contributed by atoms with E-state index in [2.05, 4.69) is 10.2 Å². The average molecular weight is 432 g/mol. The van der Waals surface area contributed by atoms with Gasteiger partial charge in [-0.15, -0.1) is 12.4 Å². The van der Waals surface area contributed by atoms with Gasteiger partial charge in [0, 0.05) is 19.8 Å². The van der Waals surface area contributed by atoms with Gasteiger partial charge in [-0.3, -0.25) is 0 Å². The summed E-state index contributed by atoms with van der Waals surface area (Å²) in [5, 5.41) is 5.66. The molecule has 2 aliphatic heterocycles. The Morgan fingerprint density at radius 1 is 1.00 bits per heavy atom. The Kier molecular flexibility index (Phi) is 5.13. The van der Waals surface area contributed by atoms with Crippen LogP contribution in [0.1, 0.15) is 31.4 Å². The number of anilines is 1. The molecule has 1 saturated heterocycles. The molecule has 0 amide bonds. The molecular formula is C22H26ClN3O2S. The van der Waals surface area contributed by atoms with Gasteiger partial charge in [-0.05, 0) is 61.2 Å². The van der Waals surface area contributed by atoms with Gasteiger partial charge in [-0.1, -0.05) is 30.3 Å². The standard InChI is InChI=1S/C22H25N3O2S.ClH/c1-24-15-12-22(11-4-5-13-23-22)21-20(24)10-14-25(21)28(26,27)19-9-8-17-6-2-3-7-18(17)16-19;/h2-3,6-10,14,16,23H,4-5,11-13,15H2,1H3;1H. The summed E-state index contributed by atoms with van der Waals surface area (Å²) in [6.45, 7) is 1.87. The van der Waals surface area contributed by atoms with Gasteiger partial charge in [0.1, 0.15) is 0 Å². The molecule has 0 aliphatic carbocycles. The molecule has 7 heteroatoms. The fourth-order valence-corrected chi connectivity index (χ4v) is 6.26. The zero-order valence-corrected chi connectivity index (χ0v) is 18.1.